The van der Waals surface area contributed by atoms with Gasteiger partial charge < -0.3 is 9.53 Å². The summed E-state index contributed by atoms with van der Waals surface area (Å²) in [5, 5.41) is 10.4. The van der Waals surface area contributed by atoms with Gasteiger partial charge in [-0.1, -0.05) is 51.1 Å². The minimum absolute atomic E-state index is 0.147. The highest BCUT2D eigenvalue weighted by molar-refractivity contribution is 6.74. The van der Waals surface area contributed by atoms with E-state index in [-0.39, 0.29) is 17.2 Å². The fourth-order valence-electron chi connectivity index (χ4n) is 2.76. The summed E-state index contributed by atoms with van der Waals surface area (Å²) in [6, 6.07) is 10.5. The van der Waals surface area contributed by atoms with Gasteiger partial charge in [0.05, 0.1) is 6.10 Å². The molecule has 1 fully saturated rings. The summed E-state index contributed by atoms with van der Waals surface area (Å²) in [5.74, 6) is 0. The molecule has 1 saturated heterocycles. The summed E-state index contributed by atoms with van der Waals surface area (Å²) in [4.78, 5) is 2.32. The van der Waals surface area contributed by atoms with Crippen LogP contribution in [0, 0.1) is 0 Å². The molecule has 2 atom stereocenters. The van der Waals surface area contributed by atoms with Gasteiger partial charge in [0.1, 0.15) is 0 Å². The Kier molecular flexibility index (Phi) is 5.48. The van der Waals surface area contributed by atoms with Gasteiger partial charge in [-0.3, -0.25) is 4.90 Å². The van der Waals surface area contributed by atoms with Crippen LogP contribution in [-0.4, -0.2) is 43.6 Å². The lowest BCUT2D eigenvalue weighted by atomic mass is 10.0. The van der Waals surface area contributed by atoms with E-state index in [4.69, 9.17) is 4.43 Å². The van der Waals surface area contributed by atoms with Crippen LogP contribution in [0.5, 0.6) is 0 Å². The van der Waals surface area contributed by atoms with Gasteiger partial charge in [-0.25, -0.2) is 0 Å². The largest absolute Gasteiger partial charge is 0.561 e. The number of β-amino-alcohol motifs (C(OH)–C–C–N with tert-alkyl or cyclic N) is 1. The van der Waals surface area contributed by atoms with E-state index in [1.54, 1.807) is 0 Å². The van der Waals surface area contributed by atoms with Crippen LogP contribution in [-0.2, 0) is 11.0 Å². The molecule has 1 N–H and O–H groups in total. The molecule has 125 valence electrons. The van der Waals surface area contributed by atoms with E-state index in [1.165, 1.54) is 5.56 Å². The molecule has 0 bridgehead atoms. The van der Waals surface area contributed by atoms with Crippen LogP contribution in [0.4, 0.5) is 0 Å². The highest BCUT2D eigenvalue weighted by Crippen LogP contribution is 2.38. The summed E-state index contributed by atoms with van der Waals surface area (Å²) in [6.07, 6.45) is 0.623. The summed E-state index contributed by atoms with van der Waals surface area (Å²) < 4.78 is 6.52. The van der Waals surface area contributed by atoms with Crippen molar-refractivity contribution in [2.24, 2.45) is 0 Å². The maximum absolute atomic E-state index is 10.2. The van der Waals surface area contributed by atoms with E-state index in [0.717, 1.165) is 26.1 Å². The van der Waals surface area contributed by atoms with E-state index in [1.807, 2.05) is 6.07 Å². The smallest absolute Gasteiger partial charge is 0.0691 e. The van der Waals surface area contributed by atoms with Gasteiger partial charge in [0, 0.05) is 25.7 Å². The molecular weight excluding hydrogens is 290 g/mol. The van der Waals surface area contributed by atoms with Crippen LogP contribution in [0.1, 0.15) is 32.8 Å². The SMILES string of the molecule is CC(C)(C)[Si-](C)(C)O[C@@H]1C[C@H](O)CN(Cc2ccccc2)C1. The number of hydrogen-bond donors (Lipinski definition) is 1. The van der Waals surface area contributed by atoms with Crippen molar-refractivity contribution in [3.05, 3.63) is 35.9 Å². The van der Waals surface area contributed by atoms with Crippen molar-refractivity contribution >= 4 is 8.32 Å². The molecule has 0 amide bonds. The molecular formula is C18H31NO2Si-. The number of rotatable bonds is 4. The van der Waals surface area contributed by atoms with Crippen LogP contribution in [0.2, 0.25) is 18.1 Å². The van der Waals surface area contributed by atoms with Gasteiger partial charge in [0.25, 0.3) is 0 Å². The lowest BCUT2D eigenvalue weighted by molar-refractivity contribution is -0.00567. The zero-order valence-corrected chi connectivity index (χ0v) is 15.7. The normalized spacial score (nSPS) is 24.5. The molecule has 3 nitrogen and oxygen atoms in total. The van der Waals surface area contributed by atoms with E-state index < -0.39 is 8.32 Å². The Morgan fingerprint density at radius 2 is 1.82 bits per heavy atom. The quantitative estimate of drug-likeness (QED) is 0.859. The minimum atomic E-state index is -1.78. The van der Waals surface area contributed by atoms with Crippen molar-refractivity contribution in [3.63, 3.8) is 0 Å². The number of hydrogen-bond acceptors (Lipinski definition) is 3. The van der Waals surface area contributed by atoms with Crippen molar-refractivity contribution in [3.8, 4) is 0 Å². The number of likely N-dealkylation sites (tertiary alicyclic amines) is 1. The zero-order valence-electron chi connectivity index (χ0n) is 14.7. The van der Waals surface area contributed by atoms with Crippen LogP contribution in [0.3, 0.4) is 0 Å². The highest BCUT2D eigenvalue weighted by Gasteiger charge is 2.31. The maximum Gasteiger partial charge on any atom is 0.0691 e. The number of piperidine rings is 1. The number of aliphatic hydroxyl groups is 1. The molecule has 22 heavy (non-hydrogen) atoms. The van der Waals surface area contributed by atoms with Crippen molar-refractivity contribution < 1.29 is 9.53 Å². The molecule has 1 aliphatic rings. The van der Waals surface area contributed by atoms with Gasteiger partial charge in [-0.15, -0.1) is 18.1 Å². The van der Waals surface area contributed by atoms with E-state index in [9.17, 15) is 5.11 Å². The van der Waals surface area contributed by atoms with Crippen LogP contribution >= 0.6 is 0 Å². The number of benzene rings is 1. The molecule has 0 spiro atoms. The van der Waals surface area contributed by atoms with Crippen LogP contribution < -0.4 is 0 Å². The van der Waals surface area contributed by atoms with Crippen molar-refractivity contribution in [1.82, 2.24) is 4.90 Å². The Hall–Kier alpha value is -0.683. The van der Waals surface area contributed by atoms with Gasteiger partial charge in [-0.2, -0.15) is 0 Å². The van der Waals surface area contributed by atoms with Gasteiger partial charge in [0.2, 0.25) is 0 Å². The summed E-state index contributed by atoms with van der Waals surface area (Å²) in [6.45, 7) is 13.9. The summed E-state index contributed by atoms with van der Waals surface area (Å²) in [5.41, 5.74) is 1.29. The summed E-state index contributed by atoms with van der Waals surface area (Å²) >= 11 is 0. The molecule has 4 heteroatoms. The standard InChI is InChI=1S/C18H31NO2Si/c1-18(2,3)22(4,5)21-17-11-16(20)13-19(14-17)12-15-9-7-6-8-10-15/h6-10,16-17,20H,11-14H2,1-5H3/q-1/t16-,17+/m0/s1. The minimum Gasteiger partial charge on any atom is -0.561 e. The maximum atomic E-state index is 10.2. The van der Waals surface area contributed by atoms with E-state index in [0.29, 0.717) is 0 Å². The van der Waals surface area contributed by atoms with E-state index in [2.05, 4.69) is 63.0 Å². The number of aliphatic hydroxyl groups excluding tert-OH is 1. The first-order valence-corrected chi connectivity index (χ1v) is 11.2. The fraction of sp³-hybridized carbons (Fsp3) is 0.667. The topological polar surface area (TPSA) is 32.7 Å². The molecule has 1 heterocycles. The lowest BCUT2D eigenvalue weighted by Crippen LogP contribution is -2.52. The predicted octanol–water partition coefficient (Wildman–Crippen LogP) is 3.64. The third kappa shape index (κ3) is 4.65. The average Bonchev–Trinajstić information content (AvgIpc) is 2.37. The van der Waals surface area contributed by atoms with Gasteiger partial charge in [-0.05, 0) is 20.3 Å². The third-order valence-electron chi connectivity index (χ3n) is 4.98. The van der Waals surface area contributed by atoms with Crippen molar-refractivity contribution in [2.75, 3.05) is 13.1 Å². The third-order valence-corrected chi connectivity index (χ3v) is 9.52. The van der Waals surface area contributed by atoms with Gasteiger partial charge in [0.15, 0.2) is 0 Å². The van der Waals surface area contributed by atoms with Gasteiger partial charge >= 0.3 is 0 Å². The first-order valence-electron chi connectivity index (χ1n) is 8.29. The van der Waals surface area contributed by atoms with Crippen LogP contribution in [0.15, 0.2) is 30.3 Å². The second kappa shape index (κ2) is 6.83. The molecule has 0 radical (unpaired) electrons. The van der Waals surface area contributed by atoms with E-state index >= 15 is 0 Å². The molecule has 1 aromatic carbocycles. The Morgan fingerprint density at radius 3 is 2.41 bits per heavy atom. The average molecular weight is 322 g/mol. The Labute approximate surface area is 136 Å². The van der Waals surface area contributed by atoms with Crippen LogP contribution in [0.25, 0.3) is 0 Å². The predicted molar refractivity (Wildman–Crippen MR) is 94.4 cm³/mol. The first-order chi connectivity index (χ1) is 10.2. The molecule has 0 unspecified atom stereocenters. The second-order valence-electron chi connectivity index (χ2n) is 8.07. The second-order valence-corrected chi connectivity index (χ2v) is 12.8. The molecule has 0 aromatic heterocycles. The molecule has 2 rings (SSSR count). The monoisotopic (exact) mass is 321 g/mol. The Morgan fingerprint density at radius 1 is 1.18 bits per heavy atom. The lowest BCUT2D eigenvalue weighted by Gasteiger charge is -2.52. The van der Waals surface area contributed by atoms with Crippen molar-refractivity contribution in [1.29, 1.82) is 0 Å². The zero-order chi connectivity index (χ0) is 16.4. The molecule has 1 aliphatic heterocycles. The summed E-state index contributed by atoms with van der Waals surface area (Å²) in [7, 11) is -1.78. The Bertz CT molecular complexity index is 470. The highest BCUT2D eigenvalue weighted by atomic mass is 28.4. The Balaban J connectivity index is 1.99. The molecule has 0 saturated carbocycles. The molecule has 0 aliphatic carbocycles. The first kappa shape index (κ1) is 17.7. The fourth-order valence-corrected chi connectivity index (χ4v) is 4.12. The van der Waals surface area contributed by atoms with Crippen molar-refractivity contribution in [2.45, 2.75) is 64.1 Å². The molecule has 1 aromatic rings. The number of nitrogens with zero attached hydrogens (tertiary/aromatic N) is 1.